The van der Waals surface area contributed by atoms with Crippen LogP contribution in [0.25, 0.3) is 0 Å². The lowest BCUT2D eigenvalue weighted by molar-refractivity contribution is -0.122. The van der Waals surface area contributed by atoms with Crippen molar-refractivity contribution in [2.45, 2.75) is 39.2 Å². The maximum absolute atomic E-state index is 12.7. The summed E-state index contributed by atoms with van der Waals surface area (Å²) in [7, 11) is 2.47. The topological polar surface area (TPSA) is 90.9 Å². The fourth-order valence-corrected chi connectivity index (χ4v) is 2.89. The van der Waals surface area contributed by atoms with Crippen molar-refractivity contribution < 1.29 is 28.6 Å². The van der Waals surface area contributed by atoms with E-state index in [9.17, 15) is 14.4 Å². The fourth-order valence-electron chi connectivity index (χ4n) is 2.89. The van der Waals surface area contributed by atoms with Crippen molar-refractivity contribution in [3.63, 3.8) is 0 Å². The smallest absolute Gasteiger partial charge is 0.338 e. The van der Waals surface area contributed by atoms with Gasteiger partial charge in [0.1, 0.15) is 5.75 Å². The predicted octanol–water partition coefficient (Wildman–Crippen LogP) is 4.18. The summed E-state index contributed by atoms with van der Waals surface area (Å²) in [6, 6.07) is 11.8. The van der Waals surface area contributed by atoms with Crippen LogP contribution in [-0.4, -0.2) is 38.2 Å². The van der Waals surface area contributed by atoms with Crippen LogP contribution in [0.15, 0.2) is 42.5 Å². The van der Waals surface area contributed by atoms with Crippen LogP contribution in [0.4, 0.5) is 5.69 Å². The first-order valence-corrected chi connectivity index (χ1v) is 9.68. The molecule has 2 atom stereocenters. The Balaban J connectivity index is 2.23. The standard InChI is InChI=1S/C23H27NO6/c1-6-14(2)19-9-7-8-10-20(19)24-21(25)15(3)30-18-12-16(22(26)28-4)11-17(13-18)23(27)29-5/h7-15H,6H2,1-5H3,(H,24,25)/t14-,15-/m1/s1. The minimum atomic E-state index is -0.881. The van der Waals surface area contributed by atoms with Crippen LogP contribution in [0.5, 0.6) is 5.75 Å². The van der Waals surface area contributed by atoms with Crippen molar-refractivity contribution in [3.8, 4) is 5.75 Å². The number of carbonyl (C=O) groups excluding carboxylic acids is 3. The number of benzene rings is 2. The summed E-state index contributed by atoms with van der Waals surface area (Å²) in [5, 5.41) is 2.90. The van der Waals surface area contributed by atoms with Crippen molar-refractivity contribution in [3.05, 3.63) is 59.2 Å². The van der Waals surface area contributed by atoms with Gasteiger partial charge in [-0.2, -0.15) is 0 Å². The normalized spacial score (nSPS) is 12.4. The predicted molar refractivity (Wildman–Crippen MR) is 113 cm³/mol. The molecule has 7 nitrogen and oxygen atoms in total. The lowest BCUT2D eigenvalue weighted by atomic mass is 9.97. The summed E-state index contributed by atoms with van der Waals surface area (Å²) in [4.78, 5) is 36.5. The van der Waals surface area contributed by atoms with Gasteiger partial charge >= 0.3 is 11.9 Å². The van der Waals surface area contributed by atoms with Gasteiger partial charge in [0, 0.05) is 5.69 Å². The molecule has 0 bridgehead atoms. The van der Waals surface area contributed by atoms with Gasteiger partial charge in [-0.05, 0) is 49.1 Å². The highest BCUT2D eigenvalue weighted by Crippen LogP contribution is 2.27. The molecule has 0 heterocycles. The van der Waals surface area contributed by atoms with Crippen molar-refractivity contribution >= 4 is 23.5 Å². The van der Waals surface area contributed by atoms with E-state index in [0.717, 1.165) is 17.7 Å². The molecule has 30 heavy (non-hydrogen) atoms. The van der Waals surface area contributed by atoms with Crippen LogP contribution >= 0.6 is 0 Å². The van der Waals surface area contributed by atoms with Crippen molar-refractivity contribution in [2.75, 3.05) is 19.5 Å². The van der Waals surface area contributed by atoms with Gasteiger partial charge in [-0.1, -0.05) is 32.0 Å². The number of para-hydroxylation sites is 1. The van der Waals surface area contributed by atoms with Gasteiger partial charge in [-0.3, -0.25) is 4.79 Å². The highest BCUT2D eigenvalue weighted by Gasteiger charge is 2.20. The molecule has 0 spiro atoms. The molecule has 0 saturated heterocycles. The van der Waals surface area contributed by atoms with E-state index in [1.165, 1.54) is 32.4 Å². The molecule has 0 aromatic heterocycles. The highest BCUT2D eigenvalue weighted by atomic mass is 16.5. The molecule has 1 amide bonds. The van der Waals surface area contributed by atoms with E-state index in [0.29, 0.717) is 0 Å². The summed E-state index contributed by atoms with van der Waals surface area (Å²) in [6.07, 6.45) is 0.0589. The second kappa shape index (κ2) is 10.4. The molecular weight excluding hydrogens is 386 g/mol. The summed E-state index contributed by atoms with van der Waals surface area (Å²) >= 11 is 0. The third-order valence-electron chi connectivity index (χ3n) is 4.79. The lowest BCUT2D eigenvalue weighted by Gasteiger charge is -2.19. The first kappa shape index (κ1) is 22.9. The number of hydrogen-bond acceptors (Lipinski definition) is 6. The Bertz CT molecular complexity index is 889. The Morgan fingerprint density at radius 2 is 1.50 bits per heavy atom. The average Bonchev–Trinajstić information content (AvgIpc) is 2.77. The summed E-state index contributed by atoms with van der Waals surface area (Å²) in [6.45, 7) is 5.77. The molecule has 0 aliphatic rings. The van der Waals surface area contributed by atoms with Gasteiger partial charge in [-0.15, -0.1) is 0 Å². The van der Waals surface area contributed by atoms with Crippen molar-refractivity contribution in [1.82, 2.24) is 0 Å². The Labute approximate surface area is 176 Å². The van der Waals surface area contributed by atoms with E-state index in [1.54, 1.807) is 6.92 Å². The largest absolute Gasteiger partial charge is 0.481 e. The van der Waals surface area contributed by atoms with Gasteiger partial charge in [0.2, 0.25) is 0 Å². The molecule has 160 valence electrons. The Kier molecular flexibility index (Phi) is 7.98. The number of hydrogen-bond donors (Lipinski definition) is 1. The van der Waals surface area contributed by atoms with Gasteiger partial charge in [0.05, 0.1) is 25.3 Å². The number of ether oxygens (including phenoxy) is 3. The number of amides is 1. The monoisotopic (exact) mass is 413 g/mol. The maximum atomic E-state index is 12.7. The zero-order valence-electron chi connectivity index (χ0n) is 17.9. The lowest BCUT2D eigenvalue weighted by Crippen LogP contribution is -2.30. The number of carbonyl (C=O) groups is 3. The fraction of sp³-hybridized carbons (Fsp3) is 0.348. The molecule has 0 fully saturated rings. The van der Waals surface area contributed by atoms with Crippen LogP contribution in [0.2, 0.25) is 0 Å². The van der Waals surface area contributed by atoms with Crippen LogP contribution < -0.4 is 10.1 Å². The Morgan fingerprint density at radius 3 is 2.03 bits per heavy atom. The third-order valence-corrected chi connectivity index (χ3v) is 4.79. The molecule has 0 aliphatic heterocycles. The molecule has 2 aromatic rings. The molecule has 0 unspecified atom stereocenters. The zero-order chi connectivity index (χ0) is 22.3. The number of methoxy groups -OCH3 is 2. The SMILES string of the molecule is CC[C@@H](C)c1ccccc1NC(=O)[C@@H](C)Oc1cc(C(=O)OC)cc(C(=O)OC)c1. The van der Waals surface area contributed by atoms with Gasteiger partial charge in [0.15, 0.2) is 6.10 Å². The van der Waals surface area contributed by atoms with E-state index >= 15 is 0 Å². The van der Waals surface area contributed by atoms with E-state index in [-0.39, 0.29) is 28.7 Å². The van der Waals surface area contributed by atoms with Crippen LogP contribution in [0.1, 0.15) is 59.4 Å². The number of esters is 2. The van der Waals surface area contributed by atoms with E-state index in [4.69, 9.17) is 14.2 Å². The summed E-state index contributed by atoms with van der Waals surface area (Å²) < 4.78 is 15.1. The number of rotatable bonds is 8. The second-order valence-electron chi connectivity index (χ2n) is 6.88. The van der Waals surface area contributed by atoms with Crippen molar-refractivity contribution in [1.29, 1.82) is 0 Å². The third kappa shape index (κ3) is 5.59. The molecule has 7 heteroatoms. The minimum Gasteiger partial charge on any atom is -0.481 e. The summed E-state index contributed by atoms with van der Waals surface area (Å²) in [5.41, 5.74) is 2.00. The number of anilines is 1. The average molecular weight is 413 g/mol. The Morgan fingerprint density at radius 1 is 0.933 bits per heavy atom. The number of nitrogens with one attached hydrogen (secondary N) is 1. The quantitative estimate of drug-likeness (QED) is 0.653. The van der Waals surface area contributed by atoms with E-state index < -0.39 is 18.0 Å². The molecule has 2 aromatic carbocycles. The molecule has 1 N–H and O–H groups in total. The first-order chi connectivity index (χ1) is 14.3. The first-order valence-electron chi connectivity index (χ1n) is 9.68. The molecule has 0 saturated carbocycles. The molecule has 2 rings (SSSR count). The van der Waals surface area contributed by atoms with Crippen LogP contribution in [0.3, 0.4) is 0 Å². The van der Waals surface area contributed by atoms with Crippen LogP contribution in [-0.2, 0) is 14.3 Å². The zero-order valence-corrected chi connectivity index (χ0v) is 17.9. The molecule has 0 radical (unpaired) electrons. The van der Waals surface area contributed by atoms with E-state index in [2.05, 4.69) is 19.2 Å². The van der Waals surface area contributed by atoms with Crippen LogP contribution in [0, 0.1) is 0 Å². The second-order valence-corrected chi connectivity index (χ2v) is 6.88. The minimum absolute atomic E-state index is 0.116. The van der Waals surface area contributed by atoms with E-state index in [1.807, 2.05) is 24.3 Å². The Hall–Kier alpha value is -3.35. The van der Waals surface area contributed by atoms with Gasteiger partial charge in [0.25, 0.3) is 5.91 Å². The molecular formula is C23H27NO6. The van der Waals surface area contributed by atoms with Crippen molar-refractivity contribution in [2.24, 2.45) is 0 Å². The highest BCUT2D eigenvalue weighted by molar-refractivity contribution is 5.97. The van der Waals surface area contributed by atoms with Gasteiger partial charge < -0.3 is 19.5 Å². The van der Waals surface area contributed by atoms with Gasteiger partial charge in [-0.25, -0.2) is 9.59 Å². The maximum Gasteiger partial charge on any atom is 0.338 e. The summed E-state index contributed by atoms with van der Waals surface area (Å²) in [5.74, 6) is -1.16. The molecule has 0 aliphatic carbocycles.